The Hall–Kier alpha value is -3.67. The Bertz CT molecular complexity index is 1010. The molecule has 26 heavy (non-hydrogen) atoms. The average Bonchev–Trinajstić information content (AvgIpc) is 3.40. The molecule has 4 aromatic rings. The molecule has 0 aliphatic rings. The molecule has 0 saturated heterocycles. The molecule has 0 unspecified atom stereocenters. The maximum atomic E-state index is 12.9. The number of amides is 1. The van der Waals surface area contributed by atoms with Crippen molar-refractivity contribution in [3.63, 3.8) is 0 Å². The van der Waals surface area contributed by atoms with Crippen LogP contribution in [-0.2, 0) is 0 Å². The lowest BCUT2D eigenvalue weighted by atomic mass is 10.1. The number of nitrogens with zero attached hydrogens (tertiary/aromatic N) is 7. The predicted octanol–water partition coefficient (Wildman–Crippen LogP) is 0.339. The van der Waals surface area contributed by atoms with Crippen LogP contribution >= 0.6 is 11.3 Å². The fraction of sp³-hybridized carbons (Fsp3) is 0.0714. The van der Waals surface area contributed by atoms with E-state index in [1.807, 2.05) is 30.3 Å². The van der Waals surface area contributed by atoms with Gasteiger partial charge >= 0.3 is 0 Å². The number of carbonyl (C=O) groups is 1. The van der Waals surface area contributed by atoms with Crippen molar-refractivity contribution in [2.24, 2.45) is 0 Å². The molecule has 0 aliphatic heterocycles. The first-order valence-electron chi connectivity index (χ1n) is 7.44. The first kappa shape index (κ1) is 15.8. The van der Waals surface area contributed by atoms with Crippen LogP contribution in [0.5, 0.6) is 0 Å². The van der Waals surface area contributed by atoms with Gasteiger partial charge in [0.2, 0.25) is 5.13 Å². The molecule has 0 spiro atoms. The molecule has 0 radical (unpaired) electrons. The monoisotopic (exact) mass is 368 g/mol. The summed E-state index contributed by atoms with van der Waals surface area (Å²) >= 11 is 1.21. The van der Waals surface area contributed by atoms with Gasteiger partial charge in [-0.1, -0.05) is 41.7 Å². The van der Waals surface area contributed by atoms with Crippen molar-refractivity contribution < 1.29 is 4.79 Å². The molecule has 3 aromatic heterocycles. The molecule has 4 rings (SSSR count). The van der Waals surface area contributed by atoms with Gasteiger partial charge in [-0.2, -0.15) is 9.78 Å². The molecule has 0 saturated carbocycles. The number of hydrogen-bond acceptors (Lipinski definition) is 9. The smallest absolute Gasteiger partial charge is 0.257 e. The first-order valence-corrected chi connectivity index (χ1v) is 8.25. The highest BCUT2D eigenvalue weighted by molar-refractivity contribution is 7.15. The zero-order valence-corrected chi connectivity index (χ0v) is 14.0. The minimum atomic E-state index is -0.505. The third-order valence-electron chi connectivity index (χ3n) is 3.55. The van der Waals surface area contributed by atoms with Gasteiger partial charge in [0, 0.05) is 0 Å². The van der Waals surface area contributed by atoms with Crippen molar-refractivity contribution in [2.75, 3.05) is 5.73 Å². The molecular weight excluding hydrogens is 356 g/mol. The molecular formula is C14H12N10OS. The van der Waals surface area contributed by atoms with E-state index in [0.29, 0.717) is 16.0 Å². The molecule has 3 heterocycles. The van der Waals surface area contributed by atoms with Gasteiger partial charge in [-0.3, -0.25) is 9.89 Å². The van der Waals surface area contributed by atoms with E-state index < -0.39 is 6.04 Å². The molecule has 12 heteroatoms. The van der Waals surface area contributed by atoms with Gasteiger partial charge < -0.3 is 11.1 Å². The van der Waals surface area contributed by atoms with Crippen LogP contribution in [0.4, 0.5) is 5.13 Å². The van der Waals surface area contributed by atoms with Crippen LogP contribution in [0.1, 0.15) is 27.0 Å². The van der Waals surface area contributed by atoms with E-state index in [9.17, 15) is 4.79 Å². The van der Waals surface area contributed by atoms with Crippen LogP contribution < -0.4 is 11.1 Å². The Kier molecular flexibility index (Phi) is 4.07. The van der Waals surface area contributed by atoms with E-state index in [2.05, 4.69) is 41.2 Å². The van der Waals surface area contributed by atoms with Crippen LogP contribution in [0.15, 0.2) is 42.9 Å². The van der Waals surface area contributed by atoms with E-state index >= 15 is 0 Å². The Morgan fingerprint density at radius 1 is 1.27 bits per heavy atom. The summed E-state index contributed by atoms with van der Waals surface area (Å²) in [5.41, 5.74) is 6.84. The summed E-state index contributed by atoms with van der Waals surface area (Å²) in [5.74, 6) is -0.0111. The number of hydrogen-bond donors (Lipinski definition) is 3. The summed E-state index contributed by atoms with van der Waals surface area (Å²) in [4.78, 5) is 12.9. The van der Waals surface area contributed by atoms with Gasteiger partial charge in [0.05, 0.1) is 6.20 Å². The topological polar surface area (TPSA) is 153 Å². The van der Waals surface area contributed by atoms with E-state index in [-0.39, 0.29) is 11.5 Å². The quantitative estimate of drug-likeness (QED) is 0.456. The second kappa shape index (κ2) is 6.68. The molecule has 0 fully saturated rings. The number of H-pyrrole nitrogens is 1. The molecule has 1 aromatic carbocycles. The summed E-state index contributed by atoms with van der Waals surface area (Å²) in [6.45, 7) is 0. The van der Waals surface area contributed by atoms with Crippen molar-refractivity contribution in [1.82, 2.24) is 45.9 Å². The van der Waals surface area contributed by atoms with Crippen LogP contribution in [0.3, 0.4) is 0 Å². The highest BCUT2D eigenvalue weighted by Gasteiger charge is 2.24. The standard InChI is InChI=1S/C14H12N10OS/c15-14-21-20-13(26-14)10(8-4-2-1-3-5-8)18-12(25)9-6-16-19-11(9)24-7-17-22-23-24/h1-7,10H,(H2,15,21)(H,16,19)(H,18,25)/t10-/m1/s1. The summed E-state index contributed by atoms with van der Waals surface area (Å²) in [5, 5.41) is 29.3. The number of anilines is 1. The minimum absolute atomic E-state index is 0.288. The lowest BCUT2D eigenvalue weighted by Crippen LogP contribution is -2.30. The van der Waals surface area contributed by atoms with Crippen molar-refractivity contribution in [3.8, 4) is 5.82 Å². The van der Waals surface area contributed by atoms with Gasteiger partial charge in [0.15, 0.2) is 5.82 Å². The van der Waals surface area contributed by atoms with E-state index in [0.717, 1.165) is 5.56 Å². The van der Waals surface area contributed by atoms with Crippen LogP contribution in [0, 0.1) is 0 Å². The Balaban J connectivity index is 1.67. The Morgan fingerprint density at radius 2 is 2.12 bits per heavy atom. The molecule has 4 N–H and O–H groups in total. The largest absolute Gasteiger partial charge is 0.374 e. The number of aromatic amines is 1. The fourth-order valence-electron chi connectivity index (χ4n) is 2.39. The van der Waals surface area contributed by atoms with Gasteiger partial charge in [-0.15, -0.1) is 15.3 Å². The maximum absolute atomic E-state index is 12.9. The number of tetrazole rings is 1. The van der Waals surface area contributed by atoms with Crippen LogP contribution in [-0.4, -0.2) is 46.5 Å². The number of nitrogen functional groups attached to an aromatic ring is 1. The van der Waals surface area contributed by atoms with Crippen molar-refractivity contribution in [2.45, 2.75) is 6.04 Å². The fourth-order valence-corrected chi connectivity index (χ4v) is 3.08. The van der Waals surface area contributed by atoms with E-state index in [1.165, 1.54) is 28.5 Å². The molecule has 11 nitrogen and oxygen atoms in total. The minimum Gasteiger partial charge on any atom is -0.374 e. The lowest BCUT2D eigenvalue weighted by Gasteiger charge is -2.16. The zero-order chi connectivity index (χ0) is 17.9. The summed E-state index contributed by atoms with van der Waals surface area (Å²) in [6, 6.07) is 8.92. The lowest BCUT2D eigenvalue weighted by molar-refractivity contribution is 0.0942. The van der Waals surface area contributed by atoms with Crippen LogP contribution in [0.25, 0.3) is 5.82 Å². The summed E-state index contributed by atoms with van der Waals surface area (Å²) < 4.78 is 1.32. The van der Waals surface area contributed by atoms with Gasteiger partial charge in [0.1, 0.15) is 22.9 Å². The Labute approximate surface area is 150 Å². The second-order valence-electron chi connectivity index (χ2n) is 5.18. The molecule has 1 atom stereocenters. The highest BCUT2D eigenvalue weighted by atomic mass is 32.1. The number of nitrogens with two attached hydrogens (primary N) is 1. The van der Waals surface area contributed by atoms with Crippen LogP contribution in [0.2, 0.25) is 0 Å². The number of carbonyl (C=O) groups excluding carboxylic acids is 1. The number of benzene rings is 1. The first-order chi connectivity index (χ1) is 12.7. The maximum Gasteiger partial charge on any atom is 0.257 e. The molecule has 0 aliphatic carbocycles. The normalized spacial score (nSPS) is 12.0. The van der Waals surface area contributed by atoms with Crippen molar-refractivity contribution in [3.05, 3.63) is 59.0 Å². The number of nitrogens with one attached hydrogen (secondary N) is 2. The van der Waals surface area contributed by atoms with E-state index in [1.54, 1.807) is 0 Å². The third kappa shape index (κ3) is 3.00. The summed E-state index contributed by atoms with van der Waals surface area (Å²) in [6.07, 6.45) is 2.77. The van der Waals surface area contributed by atoms with Crippen molar-refractivity contribution >= 4 is 22.4 Å². The highest BCUT2D eigenvalue weighted by Crippen LogP contribution is 2.26. The number of aromatic nitrogens is 8. The predicted molar refractivity (Wildman–Crippen MR) is 91.4 cm³/mol. The Morgan fingerprint density at radius 3 is 2.81 bits per heavy atom. The van der Waals surface area contributed by atoms with Crippen molar-refractivity contribution in [1.29, 1.82) is 0 Å². The van der Waals surface area contributed by atoms with Gasteiger partial charge in [-0.25, -0.2) is 0 Å². The SMILES string of the molecule is Nc1nnc([C@H](NC(=O)c2cn[nH]c2-n2cnnn2)c2ccccc2)s1. The molecule has 0 bridgehead atoms. The average molecular weight is 368 g/mol. The second-order valence-corrected chi connectivity index (χ2v) is 6.22. The molecule has 1 amide bonds. The number of rotatable bonds is 5. The van der Waals surface area contributed by atoms with Gasteiger partial charge in [0.25, 0.3) is 5.91 Å². The third-order valence-corrected chi connectivity index (χ3v) is 4.37. The zero-order valence-electron chi connectivity index (χ0n) is 13.1. The van der Waals surface area contributed by atoms with E-state index in [4.69, 9.17) is 5.73 Å². The molecule has 130 valence electrons. The summed E-state index contributed by atoms with van der Waals surface area (Å²) in [7, 11) is 0. The van der Waals surface area contributed by atoms with Gasteiger partial charge in [-0.05, 0) is 16.0 Å².